The molecule has 4 aromatic rings. The van der Waals surface area contributed by atoms with Crippen molar-refractivity contribution in [3.63, 3.8) is 0 Å². The lowest BCUT2D eigenvalue weighted by Gasteiger charge is -2.11. The molecule has 4 rings (SSSR count). The van der Waals surface area contributed by atoms with Crippen LogP contribution < -0.4 is 4.74 Å². The first-order valence-electron chi connectivity index (χ1n) is 11.7. The summed E-state index contributed by atoms with van der Waals surface area (Å²) in [5.74, 6) is -1.83. The van der Waals surface area contributed by atoms with Crippen LogP contribution in [-0.2, 0) is 12.8 Å². The topological polar surface area (TPSA) is 9.23 Å². The summed E-state index contributed by atoms with van der Waals surface area (Å²) in [7, 11) is 0. The lowest BCUT2D eigenvalue weighted by molar-refractivity contribution is 0.321. The molecule has 0 atom stereocenters. The lowest BCUT2D eigenvalue weighted by atomic mass is 9.96. The summed E-state index contributed by atoms with van der Waals surface area (Å²) in [6, 6.07) is 22.9. The van der Waals surface area contributed by atoms with Crippen molar-refractivity contribution < 1.29 is 17.9 Å². The third kappa shape index (κ3) is 5.65. The first-order valence-corrected chi connectivity index (χ1v) is 11.7. The summed E-state index contributed by atoms with van der Waals surface area (Å²) in [4.78, 5) is 0. The number of allylic oxidation sites excluding steroid dienone is 1. The molecule has 1 nitrogen and oxygen atoms in total. The average Bonchev–Trinajstić information content (AvgIpc) is 2.87. The van der Waals surface area contributed by atoms with Crippen molar-refractivity contribution in [3.05, 3.63) is 119 Å². The maximum absolute atomic E-state index is 15.0. The van der Waals surface area contributed by atoms with E-state index in [4.69, 9.17) is 4.74 Å². The Hall–Kier alpha value is -3.79. The van der Waals surface area contributed by atoms with Crippen molar-refractivity contribution in [2.45, 2.75) is 26.7 Å². The predicted octanol–water partition coefficient (Wildman–Crippen LogP) is 8.65. The summed E-state index contributed by atoms with van der Waals surface area (Å²) in [6.07, 6.45) is 5.24. The number of rotatable bonds is 8. The smallest absolute Gasteiger partial charge is 0.167 e. The Balaban J connectivity index is 1.48. The van der Waals surface area contributed by atoms with E-state index in [0.29, 0.717) is 30.6 Å². The van der Waals surface area contributed by atoms with Gasteiger partial charge in [-0.3, -0.25) is 0 Å². The fourth-order valence-corrected chi connectivity index (χ4v) is 4.07. The summed E-state index contributed by atoms with van der Waals surface area (Å²) in [5.41, 5.74) is 4.59. The highest BCUT2D eigenvalue weighted by Crippen LogP contribution is 2.32. The van der Waals surface area contributed by atoms with Gasteiger partial charge in [-0.1, -0.05) is 78.9 Å². The molecule has 0 saturated heterocycles. The second kappa shape index (κ2) is 11.1. The standard InChI is InChI=1S/C31H27F3O/c1-3-5-21-8-13-24(14-9-21)26-17-18-27(31(34)30(26)33)25-15-10-22(11-16-25)6-7-23-12-19-29(35-4-2)28(32)20-23/h3,5,8-20H,4,6-7H2,1-2H3/b5-3+. The molecule has 0 aliphatic rings. The van der Waals surface area contributed by atoms with Crippen molar-refractivity contribution in [3.8, 4) is 28.0 Å². The minimum absolute atomic E-state index is 0.219. The van der Waals surface area contributed by atoms with Crippen molar-refractivity contribution in [1.29, 1.82) is 0 Å². The van der Waals surface area contributed by atoms with Gasteiger partial charge in [0.1, 0.15) is 0 Å². The zero-order valence-corrected chi connectivity index (χ0v) is 19.8. The molecule has 178 valence electrons. The highest BCUT2D eigenvalue weighted by molar-refractivity contribution is 5.72. The highest BCUT2D eigenvalue weighted by atomic mass is 19.2. The largest absolute Gasteiger partial charge is 0.491 e. The van der Waals surface area contributed by atoms with E-state index in [9.17, 15) is 13.2 Å². The van der Waals surface area contributed by atoms with Crippen LogP contribution >= 0.6 is 0 Å². The molecule has 0 saturated carbocycles. The highest BCUT2D eigenvalue weighted by Gasteiger charge is 2.16. The quantitative estimate of drug-likeness (QED) is 0.249. The maximum atomic E-state index is 15.0. The van der Waals surface area contributed by atoms with Crippen LogP contribution in [0.25, 0.3) is 28.3 Å². The van der Waals surface area contributed by atoms with Crippen LogP contribution in [0.1, 0.15) is 30.5 Å². The molecule has 0 bridgehead atoms. The molecule has 0 radical (unpaired) electrons. The van der Waals surface area contributed by atoms with Crippen LogP contribution in [-0.4, -0.2) is 6.61 Å². The van der Waals surface area contributed by atoms with Gasteiger partial charge in [0.2, 0.25) is 0 Å². The first kappa shape index (κ1) is 24.3. The summed E-state index contributed by atoms with van der Waals surface area (Å²) >= 11 is 0. The summed E-state index contributed by atoms with van der Waals surface area (Å²) in [6.45, 7) is 4.16. The van der Waals surface area contributed by atoms with Gasteiger partial charge in [0.05, 0.1) is 6.61 Å². The van der Waals surface area contributed by atoms with Crippen molar-refractivity contribution >= 4 is 6.08 Å². The van der Waals surface area contributed by atoms with E-state index in [-0.39, 0.29) is 22.7 Å². The molecular formula is C31H27F3O. The maximum Gasteiger partial charge on any atom is 0.167 e. The van der Waals surface area contributed by atoms with Gasteiger partial charge in [0.25, 0.3) is 0 Å². The number of aryl methyl sites for hydroxylation is 2. The minimum Gasteiger partial charge on any atom is -0.491 e. The van der Waals surface area contributed by atoms with Gasteiger partial charge in [-0.15, -0.1) is 0 Å². The van der Waals surface area contributed by atoms with Crippen LogP contribution in [0.5, 0.6) is 5.75 Å². The number of ether oxygens (including phenoxy) is 1. The third-order valence-corrected chi connectivity index (χ3v) is 5.93. The summed E-state index contributed by atoms with van der Waals surface area (Å²) < 4.78 is 49.3. The monoisotopic (exact) mass is 472 g/mol. The molecule has 0 N–H and O–H groups in total. The number of hydrogen-bond donors (Lipinski definition) is 0. The second-order valence-corrected chi connectivity index (χ2v) is 8.31. The van der Waals surface area contributed by atoms with E-state index in [2.05, 4.69) is 0 Å². The van der Waals surface area contributed by atoms with Crippen molar-refractivity contribution in [2.75, 3.05) is 6.61 Å². The Morgan fingerprint density at radius 2 is 1.23 bits per heavy atom. The Morgan fingerprint density at radius 3 is 1.77 bits per heavy atom. The molecule has 4 aromatic carbocycles. The molecule has 0 heterocycles. The van der Waals surface area contributed by atoms with E-state index in [1.54, 1.807) is 42.5 Å². The molecular weight excluding hydrogens is 445 g/mol. The Labute approximate surface area is 204 Å². The molecule has 0 aliphatic carbocycles. The normalized spacial score (nSPS) is 11.2. The van der Waals surface area contributed by atoms with Crippen molar-refractivity contribution in [1.82, 2.24) is 0 Å². The average molecular weight is 473 g/mol. The molecule has 0 aliphatic heterocycles. The molecule has 35 heavy (non-hydrogen) atoms. The van der Waals surface area contributed by atoms with Crippen LogP contribution in [0.2, 0.25) is 0 Å². The SMILES string of the molecule is C/C=C/c1ccc(-c2ccc(-c3ccc(CCc4ccc(OCC)c(F)c4)cc3)c(F)c2F)cc1. The summed E-state index contributed by atoms with van der Waals surface area (Å²) in [5, 5.41) is 0. The molecule has 0 amide bonds. The van der Waals surface area contributed by atoms with Gasteiger partial charge in [-0.25, -0.2) is 13.2 Å². The van der Waals surface area contributed by atoms with E-state index in [1.807, 2.05) is 56.3 Å². The van der Waals surface area contributed by atoms with Gasteiger partial charge in [0, 0.05) is 11.1 Å². The first-order chi connectivity index (χ1) is 17.0. The Kier molecular flexibility index (Phi) is 7.71. The lowest BCUT2D eigenvalue weighted by Crippen LogP contribution is -1.97. The van der Waals surface area contributed by atoms with Crippen LogP contribution in [0, 0.1) is 17.5 Å². The molecule has 0 unspecified atom stereocenters. The van der Waals surface area contributed by atoms with Gasteiger partial charge < -0.3 is 4.74 Å². The number of halogens is 3. The predicted molar refractivity (Wildman–Crippen MR) is 137 cm³/mol. The molecule has 0 fully saturated rings. The number of benzene rings is 4. The van der Waals surface area contributed by atoms with Gasteiger partial charge >= 0.3 is 0 Å². The van der Waals surface area contributed by atoms with Crippen LogP contribution in [0.15, 0.2) is 84.9 Å². The van der Waals surface area contributed by atoms with Gasteiger partial charge in [0.15, 0.2) is 23.2 Å². The molecule has 4 heteroatoms. The molecule has 0 aromatic heterocycles. The fraction of sp³-hybridized carbons (Fsp3) is 0.161. The van der Waals surface area contributed by atoms with Crippen molar-refractivity contribution in [2.24, 2.45) is 0 Å². The van der Waals surface area contributed by atoms with E-state index >= 15 is 0 Å². The Bertz CT molecular complexity index is 1320. The Morgan fingerprint density at radius 1 is 0.686 bits per heavy atom. The molecule has 0 spiro atoms. The van der Waals surface area contributed by atoms with Crippen LogP contribution in [0.4, 0.5) is 13.2 Å². The minimum atomic E-state index is -0.863. The zero-order valence-electron chi connectivity index (χ0n) is 19.8. The third-order valence-electron chi connectivity index (χ3n) is 5.93. The van der Waals surface area contributed by atoms with E-state index in [0.717, 1.165) is 16.7 Å². The fourth-order valence-electron chi connectivity index (χ4n) is 4.07. The zero-order chi connectivity index (χ0) is 24.8. The van der Waals surface area contributed by atoms with E-state index in [1.165, 1.54) is 6.07 Å². The number of hydrogen-bond acceptors (Lipinski definition) is 1. The van der Waals surface area contributed by atoms with Crippen LogP contribution in [0.3, 0.4) is 0 Å². The second-order valence-electron chi connectivity index (χ2n) is 8.31. The van der Waals surface area contributed by atoms with Gasteiger partial charge in [-0.2, -0.15) is 0 Å². The van der Waals surface area contributed by atoms with E-state index < -0.39 is 11.6 Å². The van der Waals surface area contributed by atoms with Gasteiger partial charge in [-0.05, 0) is 66.6 Å².